The molecule has 0 unspecified atom stereocenters. The Kier molecular flexibility index (Phi) is 6.81. The van der Waals surface area contributed by atoms with Gasteiger partial charge in [-0.05, 0) is 62.8 Å². The predicted molar refractivity (Wildman–Crippen MR) is 103 cm³/mol. The molecule has 6 heteroatoms. The van der Waals surface area contributed by atoms with Crippen molar-refractivity contribution in [2.24, 2.45) is 0 Å². The van der Waals surface area contributed by atoms with Crippen LogP contribution in [-0.4, -0.2) is 30.9 Å². The number of ether oxygens (including phenoxy) is 4. The lowest BCUT2D eigenvalue weighted by atomic mass is 9.94. The van der Waals surface area contributed by atoms with E-state index in [-0.39, 0.29) is 11.9 Å². The SMILES string of the molecule is CCOC(=O)CCc1cc2c(cc1CCC(=O)OCC)OC1(CCCCC1)O2. The Hall–Kier alpha value is -2.24. The average molecular weight is 390 g/mol. The first-order chi connectivity index (χ1) is 13.5. The van der Waals surface area contributed by atoms with Crippen molar-refractivity contribution >= 4 is 11.9 Å². The number of aryl methyl sites for hydroxylation is 2. The lowest BCUT2D eigenvalue weighted by Crippen LogP contribution is -2.40. The minimum atomic E-state index is -0.543. The van der Waals surface area contributed by atoms with Crippen LogP contribution >= 0.6 is 0 Å². The lowest BCUT2D eigenvalue weighted by molar-refractivity contribution is -0.144. The molecular formula is C22H30O6. The topological polar surface area (TPSA) is 71.1 Å². The Balaban J connectivity index is 1.77. The minimum absolute atomic E-state index is 0.222. The smallest absolute Gasteiger partial charge is 0.306 e. The summed E-state index contributed by atoms with van der Waals surface area (Å²) >= 11 is 0. The van der Waals surface area contributed by atoms with E-state index in [4.69, 9.17) is 18.9 Å². The number of carbonyl (C=O) groups excluding carboxylic acids is 2. The molecule has 1 saturated carbocycles. The van der Waals surface area contributed by atoms with Crippen LogP contribution in [0.15, 0.2) is 12.1 Å². The molecule has 28 heavy (non-hydrogen) atoms. The molecule has 1 heterocycles. The molecule has 0 atom stereocenters. The normalized spacial score (nSPS) is 16.8. The number of esters is 2. The summed E-state index contributed by atoms with van der Waals surface area (Å²) in [6.45, 7) is 4.34. The average Bonchev–Trinajstić information content (AvgIpc) is 3.01. The summed E-state index contributed by atoms with van der Waals surface area (Å²) < 4.78 is 22.5. The van der Waals surface area contributed by atoms with Crippen molar-refractivity contribution in [3.8, 4) is 11.5 Å². The maximum Gasteiger partial charge on any atom is 0.306 e. The molecule has 0 saturated heterocycles. The number of carbonyl (C=O) groups is 2. The second-order valence-electron chi connectivity index (χ2n) is 7.35. The Morgan fingerprint density at radius 2 is 1.32 bits per heavy atom. The molecule has 2 aliphatic rings. The van der Waals surface area contributed by atoms with Gasteiger partial charge in [0.1, 0.15) is 0 Å². The molecule has 1 spiro atoms. The van der Waals surface area contributed by atoms with Gasteiger partial charge in [-0.1, -0.05) is 6.42 Å². The summed E-state index contributed by atoms with van der Waals surface area (Å²) in [4.78, 5) is 23.6. The summed E-state index contributed by atoms with van der Waals surface area (Å²) in [6.07, 6.45) is 6.85. The summed E-state index contributed by atoms with van der Waals surface area (Å²) in [5.74, 6) is 0.487. The maximum absolute atomic E-state index is 11.8. The van der Waals surface area contributed by atoms with Crippen LogP contribution in [0.2, 0.25) is 0 Å². The van der Waals surface area contributed by atoms with Crippen LogP contribution in [0.25, 0.3) is 0 Å². The van der Waals surface area contributed by atoms with Gasteiger partial charge in [0, 0.05) is 25.7 Å². The van der Waals surface area contributed by atoms with Crippen molar-refractivity contribution < 1.29 is 28.5 Å². The van der Waals surface area contributed by atoms with Crippen LogP contribution < -0.4 is 9.47 Å². The fraction of sp³-hybridized carbons (Fsp3) is 0.636. The van der Waals surface area contributed by atoms with Crippen molar-refractivity contribution in [1.29, 1.82) is 0 Å². The molecule has 1 aliphatic heterocycles. The molecule has 154 valence electrons. The molecule has 6 nitrogen and oxygen atoms in total. The zero-order valence-electron chi connectivity index (χ0n) is 16.9. The highest BCUT2D eigenvalue weighted by atomic mass is 16.7. The van der Waals surface area contributed by atoms with Crippen LogP contribution in [0, 0.1) is 0 Å². The first-order valence-electron chi connectivity index (χ1n) is 10.4. The van der Waals surface area contributed by atoms with Gasteiger partial charge in [-0.15, -0.1) is 0 Å². The van der Waals surface area contributed by atoms with Crippen LogP contribution in [0.4, 0.5) is 0 Å². The third kappa shape index (κ3) is 4.97. The van der Waals surface area contributed by atoms with Crippen LogP contribution in [-0.2, 0) is 31.9 Å². The Bertz CT molecular complexity index is 652. The summed E-state index contributed by atoms with van der Waals surface area (Å²) in [6, 6.07) is 3.94. The van der Waals surface area contributed by atoms with Gasteiger partial charge in [0.25, 0.3) is 5.79 Å². The van der Waals surface area contributed by atoms with E-state index in [0.29, 0.717) is 38.9 Å². The van der Waals surface area contributed by atoms with Crippen molar-refractivity contribution in [1.82, 2.24) is 0 Å². The molecule has 3 rings (SSSR count). The number of fused-ring (bicyclic) bond motifs is 1. The number of hydrogen-bond donors (Lipinski definition) is 0. The maximum atomic E-state index is 11.8. The standard InChI is InChI=1S/C22H30O6/c1-3-25-20(23)10-8-16-14-18-19(15-17(16)9-11-21(24)26-4-2)28-22(27-18)12-6-5-7-13-22/h14-15H,3-13H2,1-2H3. The van der Waals surface area contributed by atoms with E-state index in [1.807, 2.05) is 12.1 Å². The largest absolute Gasteiger partial charge is 0.466 e. The van der Waals surface area contributed by atoms with Crippen molar-refractivity contribution in [2.75, 3.05) is 13.2 Å². The van der Waals surface area contributed by atoms with E-state index in [9.17, 15) is 9.59 Å². The van der Waals surface area contributed by atoms with Gasteiger partial charge in [-0.2, -0.15) is 0 Å². The monoisotopic (exact) mass is 390 g/mol. The Labute approximate surface area is 166 Å². The van der Waals surface area contributed by atoms with E-state index in [0.717, 1.165) is 48.3 Å². The Morgan fingerprint density at radius 1 is 0.857 bits per heavy atom. The zero-order valence-corrected chi connectivity index (χ0v) is 16.9. The second-order valence-corrected chi connectivity index (χ2v) is 7.35. The quantitative estimate of drug-likeness (QED) is 0.622. The highest BCUT2D eigenvalue weighted by Gasteiger charge is 2.42. The van der Waals surface area contributed by atoms with Crippen LogP contribution in [0.5, 0.6) is 11.5 Å². The molecule has 0 aromatic heterocycles. The van der Waals surface area contributed by atoms with Crippen molar-refractivity contribution in [2.45, 2.75) is 77.4 Å². The number of rotatable bonds is 8. The molecule has 0 bridgehead atoms. The van der Waals surface area contributed by atoms with E-state index in [2.05, 4.69) is 0 Å². The highest BCUT2D eigenvalue weighted by Crippen LogP contribution is 2.47. The van der Waals surface area contributed by atoms with Crippen molar-refractivity contribution in [3.63, 3.8) is 0 Å². The predicted octanol–water partition coefficient (Wildman–Crippen LogP) is 4.11. The Morgan fingerprint density at radius 3 is 1.75 bits per heavy atom. The van der Waals surface area contributed by atoms with E-state index in [1.165, 1.54) is 6.42 Å². The first kappa shape index (κ1) is 20.5. The summed E-state index contributed by atoms with van der Waals surface area (Å²) in [5, 5.41) is 0. The third-order valence-corrected chi connectivity index (χ3v) is 5.28. The molecule has 1 fully saturated rings. The molecule has 0 N–H and O–H groups in total. The molecule has 1 aromatic carbocycles. The molecule has 1 aromatic rings. The first-order valence-corrected chi connectivity index (χ1v) is 10.4. The summed E-state index contributed by atoms with van der Waals surface area (Å²) in [7, 11) is 0. The summed E-state index contributed by atoms with van der Waals surface area (Å²) in [5.41, 5.74) is 1.99. The third-order valence-electron chi connectivity index (χ3n) is 5.28. The van der Waals surface area contributed by atoms with Crippen LogP contribution in [0.3, 0.4) is 0 Å². The minimum Gasteiger partial charge on any atom is -0.466 e. The van der Waals surface area contributed by atoms with Gasteiger partial charge >= 0.3 is 11.9 Å². The van der Waals surface area contributed by atoms with Gasteiger partial charge in [0.15, 0.2) is 11.5 Å². The van der Waals surface area contributed by atoms with E-state index in [1.54, 1.807) is 13.8 Å². The van der Waals surface area contributed by atoms with Gasteiger partial charge in [-0.3, -0.25) is 9.59 Å². The van der Waals surface area contributed by atoms with E-state index >= 15 is 0 Å². The van der Waals surface area contributed by atoms with Gasteiger partial charge in [-0.25, -0.2) is 0 Å². The van der Waals surface area contributed by atoms with Gasteiger partial charge < -0.3 is 18.9 Å². The van der Waals surface area contributed by atoms with Gasteiger partial charge in [0.2, 0.25) is 0 Å². The fourth-order valence-corrected chi connectivity index (χ4v) is 3.93. The molecule has 0 amide bonds. The van der Waals surface area contributed by atoms with Gasteiger partial charge in [0.05, 0.1) is 13.2 Å². The van der Waals surface area contributed by atoms with Crippen LogP contribution in [0.1, 0.15) is 69.9 Å². The van der Waals surface area contributed by atoms with Crippen molar-refractivity contribution in [3.05, 3.63) is 23.3 Å². The van der Waals surface area contributed by atoms with E-state index < -0.39 is 5.79 Å². The lowest BCUT2D eigenvalue weighted by Gasteiger charge is -2.31. The second kappa shape index (κ2) is 9.30. The number of benzene rings is 1. The molecule has 1 aliphatic carbocycles. The molecular weight excluding hydrogens is 360 g/mol. The zero-order chi connectivity index (χ0) is 20.0. The number of hydrogen-bond acceptors (Lipinski definition) is 6. The molecule has 0 radical (unpaired) electrons. The fourth-order valence-electron chi connectivity index (χ4n) is 3.93. The highest BCUT2D eigenvalue weighted by molar-refractivity contribution is 5.71.